The van der Waals surface area contributed by atoms with E-state index in [1.165, 1.54) is 24.4 Å². The number of nitrogens with one attached hydrogen (secondary N) is 1. The zero-order chi connectivity index (χ0) is 19.2. The molecule has 0 heterocycles. The molecule has 0 saturated heterocycles. The molecule has 136 valence electrons. The molecule has 0 atom stereocenters. The monoisotopic (exact) mass is 383 g/mol. The van der Waals surface area contributed by atoms with Gasteiger partial charge >= 0.3 is 0 Å². The predicted octanol–water partition coefficient (Wildman–Crippen LogP) is 3.93. The van der Waals surface area contributed by atoms with Crippen LogP contribution in [0.5, 0.6) is 5.75 Å². The lowest BCUT2D eigenvalue weighted by Crippen LogP contribution is -2.24. The maximum atomic E-state index is 11.9. The van der Waals surface area contributed by atoms with Gasteiger partial charge < -0.3 is 4.74 Å². The summed E-state index contributed by atoms with van der Waals surface area (Å²) in [7, 11) is 0. The normalized spacial score (nSPS) is 10.9. The lowest BCUT2D eigenvalue weighted by Gasteiger charge is -2.08. The number of nitro groups is 1. The summed E-state index contributed by atoms with van der Waals surface area (Å²) in [5.41, 5.74) is 2.50. The van der Waals surface area contributed by atoms with Crippen LogP contribution in [0.15, 0.2) is 65.8 Å². The van der Waals surface area contributed by atoms with E-state index in [0.717, 1.165) is 10.8 Å². The standard InChI is InChI=1S/C19H14ClN3O4/c20-17-9-8-15(23(25)26)10-14(17)11-21-22-19(24)12-27-18-7-3-5-13-4-1-2-6-16(13)18/h1-11H,12H2,(H,22,24). The van der Waals surface area contributed by atoms with Crippen molar-refractivity contribution in [2.75, 3.05) is 6.61 Å². The Morgan fingerprint density at radius 1 is 1.19 bits per heavy atom. The molecule has 3 aromatic carbocycles. The fourth-order valence-electron chi connectivity index (χ4n) is 2.41. The lowest BCUT2D eigenvalue weighted by atomic mass is 10.1. The van der Waals surface area contributed by atoms with Crippen molar-refractivity contribution in [2.45, 2.75) is 0 Å². The van der Waals surface area contributed by atoms with E-state index in [1.807, 2.05) is 36.4 Å². The summed E-state index contributed by atoms with van der Waals surface area (Å²) in [5, 5.41) is 16.8. The van der Waals surface area contributed by atoms with Gasteiger partial charge in [-0.1, -0.05) is 48.0 Å². The van der Waals surface area contributed by atoms with E-state index in [-0.39, 0.29) is 17.3 Å². The molecule has 27 heavy (non-hydrogen) atoms. The number of rotatable bonds is 6. The fraction of sp³-hybridized carbons (Fsp3) is 0.0526. The summed E-state index contributed by atoms with van der Waals surface area (Å²) >= 11 is 5.96. The van der Waals surface area contributed by atoms with Crippen LogP contribution < -0.4 is 10.2 Å². The van der Waals surface area contributed by atoms with Crippen molar-refractivity contribution in [1.29, 1.82) is 0 Å². The highest BCUT2D eigenvalue weighted by molar-refractivity contribution is 6.33. The van der Waals surface area contributed by atoms with E-state index in [1.54, 1.807) is 6.07 Å². The molecule has 0 aliphatic carbocycles. The lowest BCUT2D eigenvalue weighted by molar-refractivity contribution is -0.384. The molecule has 0 radical (unpaired) electrons. The highest BCUT2D eigenvalue weighted by Gasteiger charge is 2.09. The van der Waals surface area contributed by atoms with E-state index < -0.39 is 10.8 Å². The number of hydrogen-bond donors (Lipinski definition) is 1. The molecule has 0 aromatic heterocycles. The minimum Gasteiger partial charge on any atom is -0.483 e. The van der Waals surface area contributed by atoms with Crippen LogP contribution in [0.1, 0.15) is 5.56 Å². The number of carbonyl (C=O) groups excluding carboxylic acids is 1. The molecule has 0 aliphatic heterocycles. The van der Waals surface area contributed by atoms with Gasteiger partial charge in [0.15, 0.2) is 6.61 Å². The molecule has 1 N–H and O–H groups in total. The largest absolute Gasteiger partial charge is 0.483 e. The van der Waals surface area contributed by atoms with E-state index in [2.05, 4.69) is 10.5 Å². The van der Waals surface area contributed by atoms with Crippen LogP contribution in [0, 0.1) is 10.1 Å². The zero-order valence-electron chi connectivity index (χ0n) is 14.0. The maximum absolute atomic E-state index is 11.9. The number of nitro benzene ring substituents is 1. The zero-order valence-corrected chi connectivity index (χ0v) is 14.7. The average Bonchev–Trinajstić information content (AvgIpc) is 2.67. The number of halogens is 1. The molecule has 0 bridgehead atoms. The first-order valence-electron chi connectivity index (χ1n) is 7.91. The average molecular weight is 384 g/mol. The van der Waals surface area contributed by atoms with Gasteiger partial charge in [-0.25, -0.2) is 5.43 Å². The summed E-state index contributed by atoms with van der Waals surface area (Å²) in [5.74, 6) is 0.120. The van der Waals surface area contributed by atoms with Crippen molar-refractivity contribution < 1.29 is 14.5 Å². The highest BCUT2D eigenvalue weighted by atomic mass is 35.5. The molecule has 3 rings (SSSR count). The fourth-order valence-corrected chi connectivity index (χ4v) is 2.58. The maximum Gasteiger partial charge on any atom is 0.277 e. The molecular weight excluding hydrogens is 370 g/mol. The van der Waals surface area contributed by atoms with Gasteiger partial charge in [-0.2, -0.15) is 5.10 Å². The minimum absolute atomic E-state index is 0.119. The van der Waals surface area contributed by atoms with Gasteiger partial charge in [0.25, 0.3) is 11.6 Å². The number of fused-ring (bicyclic) bond motifs is 1. The molecule has 0 saturated carbocycles. The topological polar surface area (TPSA) is 93.8 Å². The Labute approximate surface area is 159 Å². The van der Waals surface area contributed by atoms with Crippen LogP contribution in [0.25, 0.3) is 10.8 Å². The highest BCUT2D eigenvalue weighted by Crippen LogP contribution is 2.25. The number of carbonyl (C=O) groups is 1. The van der Waals surface area contributed by atoms with Gasteiger partial charge in [0.1, 0.15) is 5.75 Å². The number of hydrazone groups is 1. The van der Waals surface area contributed by atoms with E-state index in [4.69, 9.17) is 16.3 Å². The molecule has 7 nitrogen and oxygen atoms in total. The van der Waals surface area contributed by atoms with Gasteiger partial charge in [-0.3, -0.25) is 14.9 Å². The Morgan fingerprint density at radius 3 is 2.78 bits per heavy atom. The molecule has 1 amide bonds. The molecule has 0 unspecified atom stereocenters. The Kier molecular flexibility index (Phi) is 5.63. The van der Waals surface area contributed by atoms with Crippen LogP contribution in [-0.2, 0) is 4.79 Å². The van der Waals surface area contributed by atoms with E-state index in [9.17, 15) is 14.9 Å². The SMILES string of the molecule is O=C(COc1cccc2ccccc12)NN=Cc1cc([N+](=O)[O-])ccc1Cl. The summed E-state index contributed by atoms with van der Waals surface area (Å²) in [4.78, 5) is 22.2. The van der Waals surface area contributed by atoms with Crippen molar-refractivity contribution in [1.82, 2.24) is 5.43 Å². The van der Waals surface area contributed by atoms with Crippen molar-refractivity contribution in [2.24, 2.45) is 5.10 Å². The van der Waals surface area contributed by atoms with E-state index in [0.29, 0.717) is 11.3 Å². The molecule has 0 spiro atoms. The third-order valence-corrected chi connectivity index (χ3v) is 4.04. The first kappa shape index (κ1) is 18.3. The second kappa shape index (κ2) is 8.29. The molecule has 8 heteroatoms. The molecular formula is C19H14ClN3O4. The minimum atomic E-state index is -0.537. The number of nitrogens with zero attached hydrogens (tertiary/aromatic N) is 2. The Bertz CT molecular complexity index is 1030. The summed E-state index contributed by atoms with van der Waals surface area (Å²) < 4.78 is 5.56. The van der Waals surface area contributed by atoms with Crippen molar-refractivity contribution in [3.05, 3.63) is 81.4 Å². The van der Waals surface area contributed by atoms with Gasteiger partial charge in [0, 0.05) is 28.1 Å². The van der Waals surface area contributed by atoms with Gasteiger partial charge in [0.05, 0.1) is 11.1 Å². The summed E-state index contributed by atoms with van der Waals surface area (Å²) in [6, 6.07) is 17.2. The smallest absolute Gasteiger partial charge is 0.277 e. The molecule has 3 aromatic rings. The van der Waals surface area contributed by atoms with Crippen LogP contribution in [0.3, 0.4) is 0 Å². The van der Waals surface area contributed by atoms with Crippen LogP contribution in [-0.4, -0.2) is 23.7 Å². The van der Waals surface area contributed by atoms with Gasteiger partial charge in [-0.15, -0.1) is 0 Å². The molecule has 0 fully saturated rings. The Balaban J connectivity index is 1.61. The quantitative estimate of drug-likeness (QED) is 0.396. The van der Waals surface area contributed by atoms with Crippen LogP contribution in [0.2, 0.25) is 5.02 Å². The molecule has 0 aliphatic rings. The van der Waals surface area contributed by atoms with Crippen molar-refractivity contribution >= 4 is 40.2 Å². The number of benzene rings is 3. The number of non-ortho nitro benzene ring substituents is 1. The first-order chi connectivity index (χ1) is 13.0. The Hall–Kier alpha value is -3.45. The second-order valence-corrected chi connectivity index (χ2v) is 5.93. The number of amides is 1. The summed E-state index contributed by atoms with van der Waals surface area (Å²) in [6.07, 6.45) is 1.24. The number of ether oxygens (including phenoxy) is 1. The Morgan fingerprint density at radius 2 is 1.96 bits per heavy atom. The summed E-state index contributed by atoms with van der Waals surface area (Å²) in [6.45, 7) is -0.228. The third-order valence-electron chi connectivity index (χ3n) is 3.69. The van der Waals surface area contributed by atoms with Crippen molar-refractivity contribution in [3.63, 3.8) is 0 Å². The third kappa shape index (κ3) is 4.59. The van der Waals surface area contributed by atoms with Gasteiger partial charge in [0.2, 0.25) is 0 Å². The second-order valence-electron chi connectivity index (χ2n) is 5.52. The number of hydrogen-bond acceptors (Lipinski definition) is 5. The van der Waals surface area contributed by atoms with Crippen molar-refractivity contribution in [3.8, 4) is 5.75 Å². The predicted molar refractivity (Wildman–Crippen MR) is 103 cm³/mol. The van der Waals surface area contributed by atoms with Gasteiger partial charge in [-0.05, 0) is 17.5 Å². The van der Waals surface area contributed by atoms with E-state index >= 15 is 0 Å². The van der Waals surface area contributed by atoms with Crippen LogP contribution in [0.4, 0.5) is 5.69 Å². The van der Waals surface area contributed by atoms with Crippen LogP contribution >= 0.6 is 11.6 Å². The first-order valence-corrected chi connectivity index (χ1v) is 8.29.